The van der Waals surface area contributed by atoms with Crippen LogP contribution in [0.4, 0.5) is 0 Å². The van der Waals surface area contributed by atoms with Crippen LogP contribution >= 0.6 is 22.9 Å². The number of methoxy groups -OCH3 is 1. The van der Waals surface area contributed by atoms with Crippen LogP contribution < -0.4 is 4.74 Å². The second-order valence-electron chi connectivity index (χ2n) is 3.86. The zero-order valence-corrected chi connectivity index (χ0v) is 11.5. The van der Waals surface area contributed by atoms with Crippen LogP contribution in [-0.2, 0) is 0 Å². The zero-order valence-electron chi connectivity index (χ0n) is 9.96. The molecule has 0 bridgehead atoms. The molecular formula is C13H9ClN2O2S. The molecule has 6 heteroatoms. The Kier molecular flexibility index (Phi) is 3.00. The van der Waals surface area contributed by atoms with Gasteiger partial charge in [0.1, 0.15) is 17.1 Å². The highest BCUT2D eigenvalue weighted by molar-refractivity contribution is 7.15. The average molecular weight is 293 g/mol. The van der Waals surface area contributed by atoms with E-state index in [1.54, 1.807) is 29.7 Å². The van der Waals surface area contributed by atoms with E-state index in [4.69, 9.17) is 16.3 Å². The van der Waals surface area contributed by atoms with Gasteiger partial charge >= 0.3 is 0 Å². The Balaban J connectivity index is 2.23. The lowest BCUT2D eigenvalue weighted by Gasteiger charge is -2.05. The molecule has 0 amide bonds. The van der Waals surface area contributed by atoms with Gasteiger partial charge in [0.15, 0.2) is 11.2 Å². The van der Waals surface area contributed by atoms with Crippen LogP contribution in [0.2, 0.25) is 5.02 Å². The number of carbonyl (C=O) groups excluding carboxylic acids is 1. The van der Waals surface area contributed by atoms with Gasteiger partial charge in [-0.2, -0.15) is 0 Å². The van der Waals surface area contributed by atoms with E-state index in [0.717, 1.165) is 16.8 Å². The molecule has 0 aliphatic carbocycles. The van der Waals surface area contributed by atoms with E-state index in [9.17, 15) is 4.79 Å². The number of fused-ring (bicyclic) bond motifs is 1. The first-order chi connectivity index (χ1) is 9.24. The van der Waals surface area contributed by atoms with Crippen molar-refractivity contribution in [2.45, 2.75) is 0 Å². The number of ether oxygens (including phenoxy) is 1. The highest BCUT2D eigenvalue weighted by Gasteiger charge is 2.16. The monoisotopic (exact) mass is 292 g/mol. The lowest BCUT2D eigenvalue weighted by molar-refractivity contribution is 0.111. The van der Waals surface area contributed by atoms with Crippen LogP contribution in [0, 0.1) is 0 Å². The van der Waals surface area contributed by atoms with Gasteiger partial charge in [0.05, 0.1) is 12.1 Å². The Hall–Kier alpha value is -1.85. The Morgan fingerprint density at radius 2 is 2.32 bits per heavy atom. The number of halogens is 1. The molecule has 0 saturated carbocycles. The molecule has 0 N–H and O–H groups in total. The molecule has 96 valence electrons. The van der Waals surface area contributed by atoms with Gasteiger partial charge in [-0.15, -0.1) is 11.3 Å². The number of hydrogen-bond donors (Lipinski definition) is 0. The van der Waals surface area contributed by atoms with Crippen LogP contribution in [0.25, 0.3) is 16.2 Å². The summed E-state index contributed by atoms with van der Waals surface area (Å²) >= 11 is 7.70. The fourth-order valence-electron chi connectivity index (χ4n) is 1.93. The fourth-order valence-corrected chi connectivity index (χ4v) is 2.91. The number of benzene rings is 1. The number of imidazole rings is 1. The summed E-state index contributed by atoms with van der Waals surface area (Å²) in [5.41, 5.74) is 1.82. The maximum absolute atomic E-state index is 11.3. The third-order valence-corrected chi connectivity index (χ3v) is 3.91. The largest absolute Gasteiger partial charge is 0.497 e. The van der Waals surface area contributed by atoms with Crippen molar-refractivity contribution in [2.75, 3.05) is 7.11 Å². The Morgan fingerprint density at radius 1 is 1.47 bits per heavy atom. The standard InChI is InChI=1S/C13H9ClN2O2S/c1-18-8-2-3-9(10(14)6-8)12-11(7-17)16-4-5-19-13(16)15-12/h2-7H,1H3. The molecule has 3 aromatic rings. The van der Waals surface area contributed by atoms with E-state index in [1.807, 2.05) is 11.6 Å². The van der Waals surface area contributed by atoms with Crippen LogP contribution in [-0.4, -0.2) is 22.8 Å². The summed E-state index contributed by atoms with van der Waals surface area (Å²) in [6.45, 7) is 0. The third-order valence-electron chi connectivity index (χ3n) is 2.84. The lowest BCUT2D eigenvalue weighted by atomic mass is 10.1. The van der Waals surface area contributed by atoms with Gasteiger partial charge in [0.2, 0.25) is 0 Å². The number of thiazole rings is 1. The number of aromatic nitrogens is 2. The molecule has 0 spiro atoms. The van der Waals surface area contributed by atoms with Gasteiger partial charge in [-0.05, 0) is 18.2 Å². The first-order valence-corrected chi connectivity index (χ1v) is 6.75. The quantitative estimate of drug-likeness (QED) is 0.694. The van der Waals surface area contributed by atoms with E-state index < -0.39 is 0 Å². The van der Waals surface area contributed by atoms with E-state index in [0.29, 0.717) is 22.2 Å². The smallest absolute Gasteiger partial charge is 0.194 e. The molecule has 0 fully saturated rings. The van der Waals surface area contributed by atoms with Crippen molar-refractivity contribution in [1.29, 1.82) is 0 Å². The van der Waals surface area contributed by atoms with Gasteiger partial charge < -0.3 is 4.74 Å². The minimum Gasteiger partial charge on any atom is -0.497 e. The number of hydrogen-bond acceptors (Lipinski definition) is 4. The molecule has 0 atom stereocenters. The second kappa shape index (κ2) is 4.68. The predicted octanol–water partition coefficient (Wildman–Crippen LogP) is 3.54. The predicted molar refractivity (Wildman–Crippen MR) is 75.5 cm³/mol. The Bertz CT molecular complexity index is 763. The third kappa shape index (κ3) is 1.91. The Labute approximate surface area is 118 Å². The van der Waals surface area contributed by atoms with E-state index >= 15 is 0 Å². The maximum Gasteiger partial charge on any atom is 0.194 e. The van der Waals surface area contributed by atoms with Crippen molar-refractivity contribution >= 4 is 34.2 Å². The van der Waals surface area contributed by atoms with Gasteiger partial charge in [-0.1, -0.05) is 11.6 Å². The summed E-state index contributed by atoms with van der Waals surface area (Å²) in [6, 6.07) is 5.31. The Morgan fingerprint density at radius 3 is 3.00 bits per heavy atom. The molecule has 0 aliphatic heterocycles. The highest BCUT2D eigenvalue weighted by atomic mass is 35.5. The van der Waals surface area contributed by atoms with Gasteiger partial charge in [0.25, 0.3) is 0 Å². The molecule has 0 unspecified atom stereocenters. The minimum absolute atomic E-state index is 0.503. The summed E-state index contributed by atoms with van der Waals surface area (Å²) in [5.74, 6) is 0.669. The number of nitrogens with zero attached hydrogens (tertiary/aromatic N) is 2. The molecule has 0 aliphatic rings. The topological polar surface area (TPSA) is 43.6 Å². The summed E-state index contributed by atoms with van der Waals surface area (Å²) in [6.07, 6.45) is 2.61. The SMILES string of the molecule is COc1ccc(-c2nc3sccn3c2C=O)c(Cl)c1. The summed E-state index contributed by atoms with van der Waals surface area (Å²) in [4.78, 5) is 16.5. The van der Waals surface area contributed by atoms with Crippen LogP contribution in [0.3, 0.4) is 0 Å². The van der Waals surface area contributed by atoms with Crippen LogP contribution in [0.15, 0.2) is 29.8 Å². The van der Waals surface area contributed by atoms with Crippen molar-refractivity contribution in [2.24, 2.45) is 0 Å². The maximum atomic E-state index is 11.3. The van der Waals surface area contributed by atoms with E-state index in [2.05, 4.69) is 4.98 Å². The van der Waals surface area contributed by atoms with Gasteiger partial charge in [0, 0.05) is 17.1 Å². The normalized spacial score (nSPS) is 10.8. The molecular weight excluding hydrogens is 284 g/mol. The molecule has 1 aromatic carbocycles. The van der Waals surface area contributed by atoms with Crippen molar-refractivity contribution in [1.82, 2.24) is 9.38 Å². The molecule has 2 heterocycles. The summed E-state index contributed by atoms with van der Waals surface area (Å²) in [7, 11) is 1.58. The van der Waals surface area contributed by atoms with E-state index in [1.165, 1.54) is 11.3 Å². The first kappa shape index (κ1) is 12.2. The fraction of sp³-hybridized carbons (Fsp3) is 0.0769. The van der Waals surface area contributed by atoms with Crippen LogP contribution in [0.5, 0.6) is 5.75 Å². The molecule has 19 heavy (non-hydrogen) atoms. The minimum atomic E-state index is 0.503. The highest BCUT2D eigenvalue weighted by Crippen LogP contribution is 2.33. The van der Waals surface area contributed by atoms with Gasteiger partial charge in [-0.3, -0.25) is 9.20 Å². The van der Waals surface area contributed by atoms with Crippen molar-refractivity contribution in [3.63, 3.8) is 0 Å². The lowest BCUT2D eigenvalue weighted by Crippen LogP contribution is -1.91. The number of aldehydes is 1. The molecule has 0 radical (unpaired) electrons. The number of rotatable bonds is 3. The number of carbonyl (C=O) groups is 1. The van der Waals surface area contributed by atoms with E-state index in [-0.39, 0.29) is 0 Å². The average Bonchev–Trinajstić information content (AvgIpc) is 2.98. The van der Waals surface area contributed by atoms with Crippen molar-refractivity contribution in [3.05, 3.63) is 40.5 Å². The summed E-state index contributed by atoms with van der Waals surface area (Å²) < 4.78 is 6.87. The molecule has 3 rings (SSSR count). The second-order valence-corrected chi connectivity index (χ2v) is 5.15. The molecule has 2 aromatic heterocycles. The summed E-state index contributed by atoms with van der Waals surface area (Å²) in [5, 5.41) is 2.39. The van der Waals surface area contributed by atoms with Crippen molar-refractivity contribution < 1.29 is 9.53 Å². The zero-order chi connectivity index (χ0) is 13.4. The van der Waals surface area contributed by atoms with Gasteiger partial charge in [-0.25, -0.2) is 4.98 Å². The van der Waals surface area contributed by atoms with Crippen molar-refractivity contribution in [3.8, 4) is 17.0 Å². The first-order valence-electron chi connectivity index (χ1n) is 5.49. The van der Waals surface area contributed by atoms with Crippen LogP contribution in [0.1, 0.15) is 10.5 Å². The molecule has 0 saturated heterocycles. The molecule has 4 nitrogen and oxygen atoms in total.